The summed E-state index contributed by atoms with van der Waals surface area (Å²) in [7, 11) is 0. The molecule has 1 saturated heterocycles. The molecule has 2 aliphatic rings. The maximum Gasteiger partial charge on any atom is 0.335 e. The Kier molecular flexibility index (Phi) is 5.20. The van der Waals surface area contributed by atoms with Crippen LogP contribution in [0.3, 0.4) is 0 Å². The van der Waals surface area contributed by atoms with Gasteiger partial charge in [-0.15, -0.1) is 0 Å². The van der Waals surface area contributed by atoms with Crippen LogP contribution in [0.25, 0.3) is 10.8 Å². The molecule has 1 atom stereocenters. The van der Waals surface area contributed by atoms with Crippen molar-refractivity contribution in [1.82, 2.24) is 10.2 Å². The molecule has 7 nitrogen and oxygen atoms in total. The number of morpholine rings is 1. The lowest BCUT2D eigenvalue weighted by Gasteiger charge is -2.30. The normalized spacial score (nSPS) is 18.2. The molecule has 0 saturated carbocycles. The summed E-state index contributed by atoms with van der Waals surface area (Å²) >= 11 is 0. The van der Waals surface area contributed by atoms with E-state index in [4.69, 9.17) is 9.84 Å². The number of carboxylic acid groups (broad SMARTS) is 1. The number of amides is 2. The molecule has 3 aromatic carbocycles. The minimum absolute atomic E-state index is 0.120. The fourth-order valence-corrected chi connectivity index (χ4v) is 4.47. The third kappa shape index (κ3) is 3.45. The van der Waals surface area contributed by atoms with E-state index < -0.39 is 5.97 Å². The van der Waals surface area contributed by atoms with E-state index >= 15 is 0 Å². The quantitative estimate of drug-likeness (QED) is 0.604. The van der Waals surface area contributed by atoms with Gasteiger partial charge in [-0.2, -0.15) is 0 Å². The summed E-state index contributed by atoms with van der Waals surface area (Å²) in [5.41, 5.74) is 3.07. The summed E-state index contributed by atoms with van der Waals surface area (Å²) in [6.45, 7) is 2.33. The van der Waals surface area contributed by atoms with Crippen molar-refractivity contribution in [3.63, 3.8) is 0 Å². The summed E-state index contributed by atoms with van der Waals surface area (Å²) in [5, 5.41) is 13.9. The van der Waals surface area contributed by atoms with Gasteiger partial charge in [-0.25, -0.2) is 4.79 Å². The van der Waals surface area contributed by atoms with Gasteiger partial charge in [0.25, 0.3) is 11.8 Å². The van der Waals surface area contributed by atoms with Crippen LogP contribution in [0.5, 0.6) is 0 Å². The second-order valence-corrected chi connectivity index (χ2v) is 8.01. The van der Waals surface area contributed by atoms with E-state index in [9.17, 15) is 14.4 Å². The van der Waals surface area contributed by atoms with Crippen LogP contribution in [0, 0.1) is 0 Å². The van der Waals surface area contributed by atoms with Crippen molar-refractivity contribution < 1.29 is 24.2 Å². The molecule has 0 aromatic heterocycles. The highest BCUT2D eigenvalue weighted by Gasteiger charge is 2.33. The summed E-state index contributed by atoms with van der Waals surface area (Å²) in [4.78, 5) is 38.8. The molecular formula is C25H22N2O5. The largest absolute Gasteiger partial charge is 0.478 e. The Morgan fingerprint density at radius 3 is 2.47 bits per heavy atom. The van der Waals surface area contributed by atoms with E-state index in [1.165, 1.54) is 17.0 Å². The molecule has 2 heterocycles. The van der Waals surface area contributed by atoms with Crippen LogP contribution >= 0.6 is 0 Å². The maximum absolute atomic E-state index is 13.2. The number of imide groups is 1. The lowest BCUT2D eigenvalue weighted by Crippen LogP contribution is -2.41. The monoisotopic (exact) mass is 430 g/mol. The van der Waals surface area contributed by atoms with E-state index in [2.05, 4.69) is 5.32 Å². The lowest BCUT2D eigenvalue weighted by molar-refractivity contribution is 0.0285. The summed E-state index contributed by atoms with van der Waals surface area (Å²) in [6.07, 6.45) is 0.326. The third-order valence-corrected chi connectivity index (χ3v) is 6.12. The van der Waals surface area contributed by atoms with Gasteiger partial charge in [0.1, 0.15) is 0 Å². The van der Waals surface area contributed by atoms with E-state index in [1.54, 1.807) is 24.3 Å². The van der Waals surface area contributed by atoms with Crippen molar-refractivity contribution in [3.05, 3.63) is 82.4 Å². The van der Waals surface area contributed by atoms with Crippen molar-refractivity contribution >= 4 is 28.6 Å². The van der Waals surface area contributed by atoms with Crippen LogP contribution in [-0.2, 0) is 11.2 Å². The number of nitrogens with one attached hydrogen (secondary N) is 1. The number of hydrogen-bond acceptors (Lipinski definition) is 5. The van der Waals surface area contributed by atoms with Crippen molar-refractivity contribution in [2.24, 2.45) is 0 Å². The molecule has 3 aromatic rings. The van der Waals surface area contributed by atoms with Crippen molar-refractivity contribution in [3.8, 4) is 0 Å². The first-order valence-corrected chi connectivity index (χ1v) is 10.6. The average molecular weight is 430 g/mol. The van der Waals surface area contributed by atoms with Gasteiger partial charge >= 0.3 is 5.97 Å². The van der Waals surface area contributed by atoms with Crippen LogP contribution in [0.2, 0.25) is 0 Å². The number of ether oxygens (including phenoxy) is 1. The lowest BCUT2D eigenvalue weighted by atomic mass is 9.89. The topological polar surface area (TPSA) is 95.9 Å². The molecule has 2 amide bonds. The zero-order chi connectivity index (χ0) is 22.2. The smallest absolute Gasteiger partial charge is 0.335 e. The van der Waals surface area contributed by atoms with Crippen LogP contribution in [-0.4, -0.2) is 54.0 Å². The highest BCUT2D eigenvalue weighted by Crippen LogP contribution is 2.35. The number of nitrogens with zero attached hydrogens (tertiary/aromatic N) is 1. The van der Waals surface area contributed by atoms with Gasteiger partial charge in [0.05, 0.1) is 18.3 Å². The summed E-state index contributed by atoms with van der Waals surface area (Å²) < 4.78 is 5.91. The molecule has 0 radical (unpaired) electrons. The second-order valence-electron chi connectivity index (χ2n) is 8.01. The van der Waals surface area contributed by atoms with Crippen molar-refractivity contribution in [1.29, 1.82) is 0 Å². The van der Waals surface area contributed by atoms with Crippen molar-refractivity contribution in [2.75, 3.05) is 26.2 Å². The number of hydrogen-bond donors (Lipinski definition) is 2. The van der Waals surface area contributed by atoms with Gasteiger partial charge in [-0.3, -0.25) is 14.5 Å². The van der Waals surface area contributed by atoms with Crippen LogP contribution in [0.4, 0.5) is 0 Å². The van der Waals surface area contributed by atoms with E-state index in [0.29, 0.717) is 36.1 Å². The van der Waals surface area contributed by atoms with E-state index in [-0.39, 0.29) is 30.0 Å². The van der Waals surface area contributed by atoms with Crippen molar-refractivity contribution in [2.45, 2.75) is 12.5 Å². The standard InChI is InChI=1S/C25H22N2O5/c28-23-19-3-1-2-18-17(21-14-26-11-13-32-21)8-9-20(22(18)19)24(29)27(23)12-10-15-4-6-16(7-5-15)25(30)31/h1-9,21,26H,10-14H2,(H,30,31). The number of carbonyl (C=O) groups excluding carboxylic acids is 2. The Bertz CT molecular complexity index is 1210. The Morgan fingerprint density at radius 2 is 1.78 bits per heavy atom. The first-order valence-electron chi connectivity index (χ1n) is 10.6. The molecule has 2 aliphatic heterocycles. The Balaban J connectivity index is 1.45. The Hall–Kier alpha value is -3.55. The molecule has 1 fully saturated rings. The Labute approximate surface area is 184 Å². The number of rotatable bonds is 5. The predicted octanol–water partition coefficient (Wildman–Crippen LogP) is 3.04. The summed E-state index contributed by atoms with van der Waals surface area (Å²) in [6, 6.07) is 15.7. The second kappa shape index (κ2) is 8.18. The molecule has 7 heteroatoms. The molecule has 0 bridgehead atoms. The highest BCUT2D eigenvalue weighted by molar-refractivity contribution is 6.25. The van der Waals surface area contributed by atoms with Gasteiger partial charge in [-0.1, -0.05) is 30.3 Å². The molecule has 1 unspecified atom stereocenters. The average Bonchev–Trinajstić information content (AvgIpc) is 2.83. The van der Waals surface area contributed by atoms with E-state index in [1.807, 2.05) is 18.2 Å². The van der Waals surface area contributed by atoms with E-state index in [0.717, 1.165) is 23.1 Å². The first-order chi connectivity index (χ1) is 15.5. The van der Waals surface area contributed by atoms with Gasteiger partial charge in [0.15, 0.2) is 0 Å². The zero-order valence-electron chi connectivity index (χ0n) is 17.3. The van der Waals surface area contributed by atoms with Gasteiger partial charge in [0.2, 0.25) is 0 Å². The van der Waals surface area contributed by atoms with Crippen LogP contribution in [0.1, 0.15) is 48.3 Å². The number of carboxylic acids is 1. The maximum atomic E-state index is 13.2. The molecule has 5 rings (SSSR count). The first kappa shape index (κ1) is 20.4. The van der Waals surface area contributed by atoms with Gasteiger partial charge in [-0.05, 0) is 47.2 Å². The minimum atomic E-state index is -0.989. The Morgan fingerprint density at radius 1 is 1.03 bits per heavy atom. The highest BCUT2D eigenvalue weighted by atomic mass is 16.5. The molecule has 162 valence electrons. The molecule has 0 aliphatic carbocycles. The summed E-state index contributed by atoms with van der Waals surface area (Å²) in [5.74, 6) is -1.61. The number of benzene rings is 3. The fourth-order valence-electron chi connectivity index (χ4n) is 4.47. The van der Waals surface area contributed by atoms with Crippen LogP contribution < -0.4 is 5.32 Å². The predicted molar refractivity (Wildman–Crippen MR) is 118 cm³/mol. The van der Waals surface area contributed by atoms with Crippen LogP contribution in [0.15, 0.2) is 54.6 Å². The minimum Gasteiger partial charge on any atom is -0.478 e. The molecule has 2 N–H and O–H groups in total. The SMILES string of the molecule is O=C(O)c1ccc(CCN2C(=O)c3cccc4c(C5CNCCO5)ccc(c34)C2=O)cc1. The molecular weight excluding hydrogens is 408 g/mol. The van der Waals surface area contributed by atoms with Gasteiger partial charge < -0.3 is 15.2 Å². The third-order valence-electron chi connectivity index (χ3n) is 6.12. The fraction of sp³-hybridized carbons (Fsp3) is 0.240. The van der Waals surface area contributed by atoms with Gasteiger partial charge in [0, 0.05) is 36.1 Å². The molecule has 32 heavy (non-hydrogen) atoms. The molecule has 0 spiro atoms. The number of aromatic carboxylic acids is 1. The number of carbonyl (C=O) groups is 3. The zero-order valence-corrected chi connectivity index (χ0v) is 17.3.